The molecule has 2 heterocycles. The fourth-order valence-electron chi connectivity index (χ4n) is 3.18. The minimum absolute atomic E-state index is 0.183. The lowest BCUT2D eigenvalue weighted by molar-refractivity contribution is -0.115. The fourth-order valence-corrected chi connectivity index (χ4v) is 4.84. The molecule has 32 heavy (non-hydrogen) atoms. The van der Waals surface area contributed by atoms with Gasteiger partial charge in [0.2, 0.25) is 11.8 Å². The number of carbonyl (C=O) groups is 1. The molecule has 4 rings (SSSR count). The third kappa shape index (κ3) is 5.23. The van der Waals surface area contributed by atoms with Gasteiger partial charge in [-0.2, -0.15) is 0 Å². The Hall–Kier alpha value is -3.04. The van der Waals surface area contributed by atoms with Crippen molar-refractivity contribution in [3.8, 4) is 0 Å². The highest BCUT2D eigenvalue weighted by Gasteiger charge is 2.21. The number of halogens is 1. The van der Waals surface area contributed by atoms with Gasteiger partial charge in [-0.05, 0) is 23.6 Å². The molecule has 9 heteroatoms. The van der Waals surface area contributed by atoms with Crippen molar-refractivity contribution >= 4 is 39.8 Å². The molecule has 0 aliphatic heterocycles. The lowest BCUT2D eigenvalue weighted by Crippen LogP contribution is -2.23. The van der Waals surface area contributed by atoms with Crippen molar-refractivity contribution < 1.29 is 13.6 Å². The first-order valence-corrected chi connectivity index (χ1v) is 11.9. The summed E-state index contributed by atoms with van der Waals surface area (Å²) < 4.78 is 20.0. The number of thiazole rings is 1. The van der Waals surface area contributed by atoms with Gasteiger partial charge in [0.1, 0.15) is 5.82 Å². The number of amides is 1. The third-order valence-electron chi connectivity index (χ3n) is 4.78. The summed E-state index contributed by atoms with van der Waals surface area (Å²) in [5.41, 5.74) is 2.15. The van der Waals surface area contributed by atoms with Crippen molar-refractivity contribution in [2.24, 2.45) is 0 Å². The van der Waals surface area contributed by atoms with Crippen LogP contribution in [0.1, 0.15) is 36.9 Å². The molecule has 6 nitrogen and oxygen atoms in total. The van der Waals surface area contributed by atoms with E-state index in [-0.39, 0.29) is 17.5 Å². The van der Waals surface area contributed by atoms with E-state index >= 15 is 0 Å². The predicted molar refractivity (Wildman–Crippen MR) is 124 cm³/mol. The molecule has 1 atom stereocenters. The van der Waals surface area contributed by atoms with Crippen LogP contribution < -0.4 is 4.90 Å². The molecule has 1 unspecified atom stereocenters. The molecule has 0 saturated heterocycles. The van der Waals surface area contributed by atoms with Crippen molar-refractivity contribution in [2.45, 2.75) is 37.2 Å². The zero-order chi connectivity index (χ0) is 22.5. The molecule has 0 radical (unpaired) electrons. The van der Waals surface area contributed by atoms with Gasteiger partial charge in [0.25, 0.3) is 5.22 Å². The molecule has 0 bridgehead atoms. The number of rotatable bonds is 8. The molecule has 0 N–H and O–H groups in total. The van der Waals surface area contributed by atoms with Crippen LogP contribution in [0.4, 0.5) is 15.2 Å². The second kappa shape index (κ2) is 10.1. The minimum Gasteiger partial charge on any atom is -0.416 e. The molecule has 2 aromatic heterocycles. The van der Waals surface area contributed by atoms with Crippen molar-refractivity contribution in [1.82, 2.24) is 15.2 Å². The van der Waals surface area contributed by atoms with Gasteiger partial charge in [-0.15, -0.1) is 21.5 Å². The lowest BCUT2D eigenvalue weighted by Gasteiger charge is -2.18. The number of nitrogens with zero attached hydrogens (tertiary/aromatic N) is 4. The maximum atomic E-state index is 14.2. The van der Waals surface area contributed by atoms with Crippen LogP contribution in [0, 0.1) is 5.82 Å². The van der Waals surface area contributed by atoms with Crippen LogP contribution >= 0.6 is 23.1 Å². The maximum absolute atomic E-state index is 14.2. The van der Waals surface area contributed by atoms with E-state index in [1.807, 2.05) is 23.6 Å². The molecular weight excluding hydrogens is 447 g/mol. The predicted octanol–water partition coefficient (Wildman–Crippen LogP) is 5.99. The highest BCUT2D eigenvalue weighted by atomic mass is 32.2. The van der Waals surface area contributed by atoms with Crippen LogP contribution in [0.3, 0.4) is 0 Å². The SMILES string of the molecule is CC(=O)N(c1nc(CSc2nnc(CC(C)c3ccccc3)o2)cs1)c1ccccc1F. The Balaban J connectivity index is 1.39. The molecule has 0 aliphatic carbocycles. The zero-order valence-electron chi connectivity index (χ0n) is 17.6. The summed E-state index contributed by atoms with van der Waals surface area (Å²) in [6, 6.07) is 16.3. The molecular formula is C23H21FN4O2S2. The van der Waals surface area contributed by atoms with Gasteiger partial charge in [-0.1, -0.05) is 61.2 Å². The monoisotopic (exact) mass is 468 g/mol. The van der Waals surface area contributed by atoms with Gasteiger partial charge in [0, 0.05) is 24.5 Å². The van der Waals surface area contributed by atoms with E-state index in [0.29, 0.717) is 28.4 Å². The van der Waals surface area contributed by atoms with Crippen LogP contribution in [0.25, 0.3) is 0 Å². The van der Waals surface area contributed by atoms with Crippen LogP contribution in [-0.4, -0.2) is 21.1 Å². The zero-order valence-corrected chi connectivity index (χ0v) is 19.2. The second-order valence-electron chi connectivity index (χ2n) is 7.19. The van der Waals surface area contributed by atoms with Gasteiger partial charge in [0.15, 0.2) is 5.13 Å². The van der Waals surface area contributed by atoms with Crippen LogP contribution in [0.5, 0.6) is 0 Å². The smallest absolute Gasteiger partial charge is 0.276 e. The second-order valence-corrected chi connectivity index (χ2v) is 8.96. The summed E-state index contributed by atoms with van der Waals surface area (Å²) in [7, 11) is 0. The number of anilines is 2. The number of carbonyl (C=O) groups excluding carboxylic acids is 1. The Morgan fingerprint density at radius 2 is 1.91 bits per heavy atom. The van der Waals surface area contributed by atoms with Gasteiger partial charge >= 0.3 is 0 Å². The van der Waals surface area contributed by atoms with E-state index in [1.54, 1.807) is 18.2 Å². The van der Waals surface area contributed by atoms with E-state index in [2.05, 4.69) is 34.2 Å². The summed E-state index contributed by atoms with van der Waals surface area (Å²) in [4.78, 5) is 18.0. The fraction of sp³-hybridized carbons (Fsp3) is 0.217. The van der Waals surface area contributed by atoms with E-state index in [1.165, 1.54) is 46.6 Å². The minimum atomic E-state index is -0.475. The Morgan fingerprint density at radius 1 is 1.16 bits per heavy atom. The Bertz CT molecular complexity index is 1200. The molecule has 0 saturated carbocycles. The number of hydrogen-bond acceptors (Lipinski definition) is 7. The van der Waals surface area contributed by atoms with Crippen LogP contribution in [0.2, 0.25) is 0 Å². The van der Waals surface area contributed by atoms with E-state index in [0.717, 1.165) is 5.69 Å². The normalized spacial score (nSPS) is 12.0. The van der Waals surface area contributed by atoms with Crippen molar-refractivity contribution in [1.29, 1.82) is 0 Å². The van der Waals surface area contributed by atoms with Crippen LogP contribution in [0.15, 0.2) is 69.6 Å². The summed E-state index contributed by atoms with van der Waals surface area (Å²) in [5.74, 6) is 0.571. The van der Waals surface area contributed by atoms with E-state index in [4.69, 9.17) is 4.42 Å². The Kier molecular flexibility index (Phi) is 6.96. The lowest BCUT2D eigenvalue weighted by atomic mass is 9.98. The highest BCUT2D eigenvalue weighted by molar-refractivity contribution is 7.98. The number of hydrogen-bond donors (Lipinski definition) is 0. The molecule has 0 aliphatic rings. The average molecular weight is 469 g/mol. The number of para-hydroxylation sites is 1. The van der Waals surface area contributed by atoms with Crippen LogP contribution in [-0.2, 0) is 17.0 Å². The van der Waals surface area contributed by atoms with Crippen molar-refractivity contribution in [3.05, 3.63) is 82.9 Å². The largest absolute Gasteiger partial charge is 0.416 e. The van der Waals surface area contributed by atoms with Gasteiger partial charge in [-0.25, -0.2) is 9.37 Å². The number of benzene rings is 2. The van der Waals surface area contributed by atoms with Crippen molar-refractivity contribution in [2.75, 3.05) is 4.90 Å². The Morgan fingerprint density at radius 3 is 2.66 bits per heavy atom. The topological polar surface area (TPSA) is 72.1 Å². The first-order valence-electron chi connectivity index (χ1n) is 10.0. The third-order valence-corrected chi connectivity index (χ3v) is 6.51. The first kappa shape index (κ1) is 22.2. The van der Waals surface area contributed by atoms with Gasteiger partial charge < -0.3 is 4.42 Å². The summed E-state index contributed by atoms with van der Waals surface area (Å²) in [6.45, 7) is 3.51. The quantitative estimate of drug-likeness (QED) is 0.296. The highest BCUT2D eigenvalue weighted by Crippen LogP contribution is 2.32. The average Bonchev–Trinajstić information content (AvgIpc) is 3.44. The molecule has 0 spiro atoms. The summed E-state index contributed by atoms with van der Waals surface area (Å²) in [5, 5.41) is 11.0. The standard InChI is InChI=1S/C23H21FN4O2S2/c1-15(17-8-4-3-5-9-17)12-21-26-27-23(30-21)32-14-18-13-31-22(25-18)28(16(2)29)20-11-7-6-10-19(20)24/h3-11,13,15H,12,14H2,1-2H3. The van der Waals surface area contributed by atoms with Gasteiger partial charge in [-0.3, -0.25) is 9.69 Å². The molecule has 0 fully saturated rings. The summed E-state index contributed by atoms with van der Waals surface area (Å²) >= 11 is 2.66. The number of thioether (sulfide) groups is 1. The maximum Gasteiger partial charge on any atom is 0.276 e. The number of aromatic nitrogens is 3. The van der Waals surface area contributed by atoms with E-state index in [9.17, 15) is 9.18 Å². The molecule has 164 valence electrons. The van der Waals surface area contributed by atoms with Crippen molar-refractivity contribution in [3.63, 3.8) is 0 Å². The Labute approximate surface area is 193 Å². The first-order chi connectivity index (χ1) is 15.5. The molecule has 2 aromatic carbocycles. The van der Waals surface area contributed by atoms with E-state index < -0.39 is 5.82 Å². The van der Waals surface area contributed by atoms with Gasteiger partial charge in [0.05, 0.1) is 11.4 Å². The molecule has 4 aromatic rings. The molecule has 1 amide bonds. The summed E-state index contributed by atoms with van der Waals surface area (Å²) in [6.07, 6.45) is 0.661.